The predicted molar refractivity (Wildman–Crippen MR) is 77.3 cm³/mol. The molecule has 1 unspecified atom stereocenters. The van der Waals surface area contributed by atoms with Gasteiger partial charge in [-0.2, -0.15) is 0 Å². The van der Waals surface area contributed by atoms with E-state index in [0.29, 0.717) is 25.4 Å². The second-order valence-corrected chi connectivity index (χ2v) is 4.75. The molecule has 21 heavy (non-hydrogen) atoms. The maximum Gasteiger partial charge on any atom is 0.261 e. The van der Waals surface area contributed by atoms with Gasteiger partial charge < -0.3 is 19.7 Å². The van der Waals surface area contributed by atoms with Crippen molar-refractivity contribution in [2.45, 2.75) is 19.9 Å². The van der Waals surface area contributed by atoms with Crippen LogP contribution in [0.2, 0.25) is 0 Å². The summed E-state index contributed by atoms with van der Waals surface area (Å²) < 4.78 is 10.8. The summed E-state index contributed by atoms with van der Waals surface area (Å²) in [5.41, 5.74) is 0. The summed E-state index contributed by atoms with van der Waals surface area (Å²) in [6, 6.07) is 6.64. The highest BCUT2D eigenvalue weighted by atomic mass is 16.5. The molecule has 1 aromatic rings. The Hall–Kier alpha value is -2.24. The highest BCUT2D eigenvalue weighted by molar-refractivity contribution is 5.89. The molecule has 1 aliphatic rings. The van der Waals surface area contributed by atoms with Crippen molar-refractivity contribution in [1.82, 2.24) is 10.2 Å². The number of nitrogens with zero attached hydrogens (tertiary/aromatic N) is 1. The molecule has 6 heteroatoms. The van der Waals surface area contributed by atoms with Crippen LogP contribution in [0.15, 0.2) is 24.3 Å². The Morgan fingerprint density at radius 1 is 1.29 bits per heavy atom. The zero-order valence-electron chi connectivity index (χ0n) is 12.3. The molecular formula is C15H20N2O4. The summed E-state index contributed by atoms with van der Waals surface area (Å²) in [5, 5.41) is 2.72. The normalized spacial score (nSPS) is 18.1. The molecule has 114 valence electrons. The number of benzene rings is 1. The fourth-order valence-corrected chi connectivity index (χ4v) is 2.15. The molecule has 2 amide bonds. The Morgan fingerprint density at radius 2 is 1.90 bits per heavy atom. The molecule has 1 saturated heterocycles. The number of rotatable bonds is 5. The largest absolute Gasteiger partial charge is 0.494 e. The van der Waals surface area contributed by atoms with Crippen molar-refractivity contribution in [1.29, 1.82) is 0 Å². The highest BCUT2D eigenvalue weighted by Gasteiger charge is 2.29. The van der Waals surface area contributed by atoms with Gasteiger partial charge in [-0.05, 0) is 38.1 Å². The lowest BCUT2D eigenvalue weighted by Crippen LogP contribution is -2.56. The monoisotopic (exact) mass is 292 g/mol. The van der Waals surface area contributed by atoms with Gasteiger partial charge in [0.2, 0.25) is 5.91 Å². The molecular weight excluding hydrogens is 272 g/mol. The van der Waals surface area contributed by atoms with Gasteiger partial charge in [-0.15, -0.1) is 0 Å². The zero-order chi connectivity index (χ0) is 15.2. The molecule has 1 aromatic carbocycles. The smallest absolute Gasteiger partial charge is 0.261 e. The fourth-order valence-electron chi connectivity index (χ4n) is 2.15. The van der Waals surface area contributed by atoms with Crippen LogP contribution < -0.4 is 14.8 Å². The topological polar surface area (TPSA) is 67.9 Å². The van der Waals surface area contributed by atoms with E-state index in [9.17, 15) is 9.59 Å². The van der Waals surface area contributed by atoms with Crippen molar-refractivity contribution in [3.05, 3.63) is 24.3 Å². The minimum atomic E-state index is -0.449. The standard InChI is InChI=1S/C15H20N2O4/c1-3-20-12-4-6-13(7-5-12)21-10-14(18)17-9-8-16-15(19)11(17)2/h4-7,11H,3,8-10H2,1-2H3,(H,16,19). The molecule has 0 radical (unpaired) electrons. The molecule has 2 rings (SSSR count). The lowest BCUT2D eigenvalue weighted by atomic mass is 10.2. The third kappa shape index (κ3) is 3.87. The molecule has 1 aliphatic heterocycles. The zero-order valence-corrected chi connectivity index (χ0v) is 12.3. The van der Waals surface area contributed by atoms with Crippen LogP contribution in [0.1, 0.15) is 13.8 Å². The first-order valence-electron chi connectivity index (χ1n) is 7.04. The van der Waals surface area contributed by atoms with Crippen molar-refractivity contribution in [2.24, 2.45) is 0 Å². The molecule has 1 atom stereocenters. The second-order valence-electron chi connectivity index (χ2n) is 4.75. The summed E-state index contributed by atoms with van der Waals surface area (Å²) in [6.07, 6.45) is 0. The number of carbonyl (C=O) groups excluding carboxylic acids is 2. The quantitative estimate of drug-likeness (QED) is 0.872. The summed E-state index contributed by atoms with van der Waals surface area (Å²) in [5.74, 6) is 1.04. The molecule has 0 aromatic heterocycles. The number of piperazine rings is 1. The molecule has 1 fully saturated rings. The minimum Gasteiger partial charge on any atom is -0.494 e. The van der Waals surface area contributed by atoms with Crippen molar-refractivity contribution >= 4 is 11.8 Å². The summed E-state index contributed by atoms with van der Waals surface area (Å²) in [7, 11) is 0. The SMILES string of the molecule is CCOc1ccc(OCC(=O)N2CCNC(=O)C2C)cc1. The van der Waals surface area contributed by atoms with E-state index in [1.165, 1.54) is 4.90 Å². The maximum absolute atomic E-state index is 12.1. The first-order chi connectivity index (χ1) is 10.1. The first-order valence-corrected chi connectivity index (χ1v) is 7.04. The molecule has 0 bridgehead atoms. The molecule has 0 saturated carbocycles. The van der Waals surface area contributed by atoms with E-state index < -0.39 is 6.04 Å². The summed E-state index contributed by atoms with van der Waals surface area (Å²) in [6.45, 7) is 5.15. The van der Waals surface area contributed by atoms with E-state index in [0.717, 1.165) is 5.75 Å². The van der Waals surface area contributed by atoms with Crippen molar-refractivity contribution < 1.29 is 19.1 Å². The maximum atomic E-state index is 12.1. The van der Waals surface area contributed by atoms with Crippen LogP contribution >= 0.6 is 0 Å². The van der Waals surface area contributed by atoms with Crippen LogP contribution in [0.25, 0.3) is 0 Å². The molecule has 6 nitrogen and oxygen atoms in total. The van der Waals surface area contributed by atoms with Crippen LogP contribution in [0.3, 0.4) is 0 Å². The van der Waals surface area contributed by atoms with Crippen molar-refractivity contribution in [3.8, 4) is 11.5 Å². The van der Waals surface area contributed by atoms with Gasteiger partial charge in [0.25, 0.3) is 5.91 Å². The number of ether oxygens (including phenoxy) is 2. The fraction of sp³-hybridized carbons (Fsp3) is 0.467. The summed E-state index contributed by atoms with van der Waals surface area (Å²) in [4.78, 5) is 25.2. The lowest BCUT2D eigenvalue weighted by molar-refractivity contribution is -0.143. The molecule has 1 heterocycles. The second kappa shape index (κ2) is 6.97. The molecule has 0 spiro atoms. The molecule has 0 aliphatic carbocycles. The van der Waals surface area contributed by atoms with Crippen LogP contribution in [0.5, 0.6) is 11.5 Å². The minimum absolute atomic E-state index is 0.0778. The Bertz CT molecular complexity index is 501. The van der Waals surface area contributed by atoms with Crippen LogP contribution in [-0.4, -0.2) is 49.1 Å². The van der Waals surface area contributed by atoms with E-state index >= 15 is 0 Å². The Kier molecular flexibility index (Phi) is 5.03. The Labute approximate surface area is 124 Å². The van der Waals surface area contributed by atoms with E-state index in [1.54, 1.807) is 31.2 Å². The number of hydrogen-bond acceptors (Lipinski definition) is 4. The average molecular weight is 292 g/mol. The third-order valence-corrected chi connectivity index (χ3v) is 3.32. The van der Waals surface area contributed by atoms with E-state index in [4.69, 9.17) is 9.47 Å². The van der Waals surface area contributed by atoms with Gasteiger partial charge in [0.05, 0.1) is 6.61 Å². The number of carbonyl (C=O) groups is 2. The van der Waals surface area contributed by atoms with Gasteiger partial charge in [-0.1, -0.05) is 0 Å². The van der Waals surface area contributed by atoms with Crippen LogP contribution in [-0.2, 0) is 9.59 Å². The number of amides is 2. The number of hydrogen-bond donors (Lipinski definition) is 1. The van der Waals surface area contributed by atoms with Gasteiger partial charge in [0.1, 0.15) is 17.5 Å². The van der Waals surface area contributed by atoms with Crippen molar-refractivity contribution in [3.63, 3.8) is 0 Å². The predicted octanol–water partition coefficient (Wildman–Crippen LogP) is 0.811. The lowest BCUT2D eigenvalue weighted by Gasteiger charge is -2.32. The van der Waals surface area contributed by atoms with Gasteiger partial charge >= 0.3 is 0 Å². The van der Waals surface area contributed by atoms with Crippen LogP contribution in [0.4, 0.5) is 0 Å². The van der Waals surface area contributed by atoms with Gasteiger partial charge in [0, 0.05) is 13.1 Å². The highest BCUT2D eigenvalue weighted by Crippen LogP contribution is 2.17. The third-order valence-electron chi connectivity index (χ3n) is 3.32. The van der Waals surface area contributed by atoms with Gasteiger partial charge in [-0.25, -0.2) is 0 Å². The van der Waals surface area contributed by atoms with E-state index in [1.807, 2.05) is 6.92 Å². The van der Waals surface area contributed by atoms with Gasteiger partial charge in [0.15, 0.2) is 6.61 Å². The number of nitrogens with one attached hydrogen (secondary N) is 1. The van der Waals surface area contributed by atoms with Crippen molar-refractivity contribution in [2.75, 3.05) is 26.3 Å². The molecule has 1 N–H and O–H groups in total. The van der Waals surface area contributed by atoms with Gasteiger partial charge in [-0.3, -0.25) is 9.59 Å². The summed E-state index contributed by atoms with van der Waals surface area (Å²) >= 11 is 0. The first kappa shape index (κ1) is 15.2. The van der Waals surface area contributed by atoms with E-state index in [2.05, 4.69) is 5.32 Å². The Morgan fingerprint density at radius 3 is 2.52 bits per heavy atom. The van der Waals surface area contributed by atoms with E-state index in [-0.39, 0.29) is 18.4 Å². The Balaban J connectivity index is 1.87. The average Bonchev–Trinajstić information content (AvgIpc) is 2.49. The van der Waals surface area contributed by atoms with Crippen LogP contribution in [0, 0.1) is 0 Å².